The van der Waals surface area contributed by atoms with Crippen LogP contribution in [-0.4, -0.2) is 47.0 Å². The summed E-state index contributed by atoms with van der Waals surface area (Å²) in [6, 6.07) is 0. The van der Waals surface area contributed by atoms with Gasteiger partial charge in [-0.25, -0.2) is 0 Å². The molecule has 20 heavy (non-hydrogen) atoms. The third-order valence-electron chi connectivity index (χ3n) is 4.47. The first-order valence-electron chi connectivity index (χ1n) is 7.20. The van der Waals surface area contributed by atoms with Crippen molar-refractivity contribution in [2.75, 3.05) is 13.7 Å². The Kier molecular flexibility index (Phi) is 4.54. The van der Waals surface area contributed by atoms with Crippen LogP contribution >= 0.6 is 0 Å². The van der Waals surface area contributed by atoms with Crippen LogP contribution in [0.3, 0.4) is 0 Å². The smallest absolute Gasteiger partial charge is 0.248 e. The summed E-state index contributed by atoms with van der Waals surface area (Å²) in [6.45, 7) is 11.7. The lowest BCUT2D eigenvalue weighted by Gasteiger charge is -2.49. The van der Waals surface area contributed by atoms with Gasteiger partial charge < -0.3 is 15.0 Å². The SMILES string of the molecule is CCC1(C)C(=O)NC(C)(C)C(=O)N1CCC(C)(C)OC. The Morgan fingerprint density at radius 1 is 1.25 bits per heavy atom. The van der Waals surface area contributed by atoms with Gasteiger partial charge in [0.05, 0.1) is 5.60 Å². The van der Waals surface area contributed by atoms with Crippen molar-refractivity contribution in [1.29, 1.82) is 0 Å². The van der Waals surface area contributed by atoms with Crippen molar-refractivity contribution in [3.05, 3.63) is 0 Å². The summed E-state index contributed by atoms with van der Waals surface area (Å²) in [5, 5.41) is 2.83. The minimum absolute atomic E-state index is 0.0339. The van der Waals surface area contributed by atoms with E-state index in [4.69, 9.17) is 4.74 Å². The second-order valence-electron chi connectivity index (χ2n) is 6.88. The highest BCUT2D eigenvalue weighted by atomic mass is 16.5. The first-order valence-corrected chi connectivity index (χ1v) is 7.20. The number of methoxy groups -OCH3 is 1. The number of hydrogen-bond acceptors (Lipinski definition) is 3. The molecule has 116 valence electrons. The highest BCUT2D eigenvalue weighted by molar-refractivity contribution is 6.01. The Hall–Kier alpha value is -1.10. The fraction of sp³-hybridized carbons (Fsp3) is 0.867. The highest BCUT2D eigenvalue weighted by Gasteiger charge is 2.51. The van der Waals surface area contributed by atoms with E-state index in [-0.39, 0.29) is 17.4 Å². The molecule has 5 nitrogen and oxygen atoms in total. The van der Waals surface area contributed by atoms with Gasteiger partial charge in [-0.05, 0) is 47.5 Å². The largest absolute Gasteiger partial charge is 0.379 e. The summed E-state index contributed by atoms with van der Waals surface area (Å²) in [5.74, 6) is -0.117. The molecule has 0 bridgehead atoms. The molecule has 1 saturated heterocycles. The lowest BCUT2D eigenvalue weighted by molar-refractivity contribution is -0.162. The Labute approximate surface area is 122 Å². The number of nitrogens with zero attached hydrogens (tertiary/aromatic N) is 1. The molecule has 0 spiro atoms. The summed E-state index contributed by atoms with van der Waals surface area (Å²) >= 11 is 0. The van der Waals surface area contributed by atoms with E-state index < -0.39 is 11.1 Å². The number of piperazine rings is 1. The van der Waals surface area contributed by atoms with Crippen LogP contribution in [0.2, 0.25) is 0 Å². The van der Waals surface area contributed by atoms with E-state index in [0.717, 1.165) is 0 Å². The maximum absolute atomic E-state index is 12.6. The molecule has 0 aliphatic carbocycles. The molecular formula is C15H28N2O3. The number of carbonyl (C=O) groups is 2. The first kappa shape index (κ1) is 17.0. The van der Waals surface area contributed by atoms with E-state index in [2.05, 4.69) is 5.32 Å². The van der Waals surface area contributed by atoms with Crippen molar-refractivity contribution in [2.45, 2.75) is 71.1 Å². The lowest BCUT2D eigenvalue weighted by Crippen LogP contribution is -2.73. The summed E-state index contributed by atoms with van der Waals surface area (Å²) in [6.07, 6.45) is 1.28. The van der Waals surface area contributed by atoms with Gasteiger partial charge in [0, 0.05) is 13.7 Å². The van der Waals surface area contributed by atoms with Crippen LogP contribution < -0.4 is 5.32 Å². The molecule has 1 rings (SSSR count). The fourth-order valence-corrected chi connectivity index (χ4v) is 2.34. The molecule has 2 amide bonds. The van der Waals surface area contributed by atoms with Crippen molar-refractivity contribution in [1.82, 2.24) is 10.2 Å². The van der Waals surface area contributed by atoms with Crippen LogP contribution in [-0.2, 0) is 14.3 Å². The molecule has 0 aromatic heterocycles. The van der Waals surface area contributed by atoms with Crippen LogP contribution in [0.5, 0.6) is 0 Å². The van der Waals surface area contributed by atoms with Crippen molar-refractivity contribution >= 4 is 11.8 Å². The number of carbonyl (C=O) groups excluding carboxylic acids is 2. The summed E-state index contributed by atoms with van der Waals surface area (Å²) < 4.78 is 5.41. The van der Waals surface area contributed by atoms with Gasteiger partial charge in [0.25, 0.3) is 0 Å². The van der Waals surface area contributed by atoms with Gasteiger partial charge in [0.1, 0.15) is 11.1 Å². The van der Waals surface area contributed by atoms with Crippen molar-refractivity contribution in [3.8, 4) is 0 Å². The topological polar surface area (TPSA) is 58.6 Å². The van der Waals surface area contributed by atoms with Crippen LogP contribution in [0, 0.1) is 0 Å². The van der Waals surface area contributed by atoms with Gasteiger partial charge in [-0.15, -0.1) is 0 Å². The van der Waals surface area contributed by atoms with E-state index in [0.29, 0.717) is 19.4 Å². The Morgan fingerprint density at radius 3 is 2.25 bits per heavy atom. The lowest BCUT2D eigenvalue weighted by atomic mass is 9.85. The Bertz CT molecular complexity index is 404. The molecule has 5 heteroatoms. The minimum atomic E-state index is -0.844. The number of amides is 2. The molecule has 0 radical (unpaired) electrons. The Morgan fingerprint density at radius 2 is 1.80 bits per heavy atom. The van der Waals surface area contributed by atoms with E-state index in [1.807, 2.05) is 27.7 Å². The summed E-state index contributed by atoms with van der Waals surface area (Å²) in [5.41, 5.74) is -1.94. The molecule has 1 aliphatic heterocycles. The van der Waals surface area contributed by atoms with Crippen LogP contribution in [0.15, 0.2) is 0 Å². The third-order valence-corrected chi connectivity index (χ3v) is 4.47. The van der Waals surface area contributed by atoms with E-state index >= 15 is 0 Å². The van der Waals surface area contributed by atoms with E-state index in [1.54, 1.807) is 25.9 Å². The molecule has 1 atom stereocenters. The molecule has 0 aromatic rings. The number of hydrogen-bond donors (Lipinski definition) is 1. The number of nitrogens with one attached hydrogen (secondary N) is 1. The van der Waals surface area contributed by atoms with Gasteiger partial charge in [-0.3, -0.25) is 9.59 Å². The molecule has 1 heterocycles. The van der Waals surface area contributed by atoms with Crippen LogP contribution in [0.25, 0.3) is 0 Å². The van der Waals surface area contributed by atoms with Crippen LogP contribution in [0.1, 0.15) is 54.4 Å². The molecule has 1 unspecified atom stereocenters. The van der Waals surface area contributed by atoms with Crippen molar-refractivity contribution in [2.24, 2.45) is 0 Å². The monoisotopic (exact) mass is 284 g/mol. The molecule has 0 aromatic carbocycles. The van der Waals surface area contributed by atoms with Gasteiger partial charge >= 0.3 is 0 Å². The zero-order chi connectivity index (χ0) is 15.8. The fourth-order valence-electron chi connectivity index (χ4n) is 2.34. The molecular weight excluding hydrogens is 256 g/mol. The highest BCUT2D eigenvalue weighted by Crippen LogP contribution is 2.30. The summed E-state index contributed by atoms with van der Waals surface area (Å²) in [7, 11) is 1.66. The van der Waals surface area contributed by atoms with Crippen LogP contribution in [0.4, 0.5) is 0 Å². The zero-order valence-corrected chi connectivity index (χ0v) is 13.8. The second kappa shape index (κ2) is 5.35. The molecule has 1 aliphatic rings. The third kappa shape index (κ3) is 2.97. The minimum Gasteiger partial charge on any atom is -0.379 e. The number of rotatable bonds is 5. The van der Waals surface area contributed by atoms with Gasteiger partial charge in [-0.1, -0.05) is 6.92 Å². The predicted octanol–water partition coefficient (Wildman–Crippen LogP) is 1.71. The maximum Gasteiger partial charge on any atom is 0.248 e. The van der Waals surface area contributed by atoms with E-state index in [1.165, 1.54) is 0 Å². The molecule has 0 saturated carbocycles. The quantitative estimate of drug-likeness (QED) is 0.836. The Balaban J connectivity index is 3.02. The standard InChI is InChI=1S/C15H28N2O3/c1-8-15(6)11(18)16-14(4,5)12(19)17(15)10-9-13(2,3)20-7/h8-10H2,1-7H3,(H,16,18). The molecule has 1 fully saturated rings. The average Bonchev–Trinajstić information content (AvgIpc) is 2.36. The normalized spacial score (nSPS) is 26.6. The number of ether oxygens (including phenoxy) is 1. The first-order chi connectivity index (χ1) is 9.00. The van der Waals surface area contributed by atoms with Crippen molar-refractivity contribution in [3.63, 3.8) is 0 Å². The maximum atomic E-state index is 12.6. The average molecular weight is 284 g/mol. The second-order valence-corrected chi connectivity index (χ2v) is 6.88. The summed E-state index contributed by atoms with van der Waals surface area (Å²) in [4.78, 5) is 26.7. The van der Waals surface area contributed by atoms with Crippen molar-refractivity contribution < 1.29 is 14.3 Å². The van der Waals surface area contributed by atoms with E-state index in [9.17, 15) is 9.59 Å². The van der Waals surface area contributed by atoms with Gasteiger partial charge in [0.2, 0.25) is 11.8 Å². The van der Waals surface area contributed by atoms with Gasteiger partial charge in [-0.2, -0.15) is 0 Å². The predicted molar refractivity (Wildman–Crippen MR) is 78.3 cm³/mol. The molecule has 1 N–H and O–H groups in total. The van der Waals surface area contributed by atoms with Gasteiger partial charge in [0.15, 0.2) is 0 Å². The zero-order valence-electron chi connectivity index (χ0n) is 13.8.